The molecule has 1 rings (SSSR count). The molecule has 5 heteroatoms. The van der Waals surface area contributed by atoms with Gasteiger partial charge in [-0.25, -0.2) is 0 Å². The van der Waals surface area contributed by atoms with Crippen molar-refractivity contribution in [2.75, 3.05) is 26.9 Å². The summed E-state index contributed by atoms with van der Waals surface area (Å²) in [5.74, 6) is 0.954. The lowest BCUT2D eigenvalue weighted by Crippen LogP contribution is -2.16. The summed E-state index contributed by atoms with van der Waals surface area (Å²) in [7, 11) is 1.72. The van der Waals surface area contributed by atoms with E-state index in [4.69, 9.17) is 9.47 Å². The van der Waals surface area contributed by atoms with Gasteiger partial charge in [-0.2, -0.15) is 0 Å². The number of nitrogens with one attached hydrogen (secondary N) is 1. The average molecular weight is 339 g/mol. The summed E-state index contributed by atoms with van der Waals surface area (Å²) in [6.45, 7) is 5.25. The predicted octanol–water partition coefficient (Wildman–Crippen LogP) is 3.40. The number of benzene rings is 1. The number of methoxy groups -OCH3 is 1. The molecule has 0 spiro atoms. The lowest BCUT2D eigenvalue weighted by atomic mass is 10.2. The Hall–Kier alpha value is -0.290. The smallest absolute Gasteiger partial charge is 0.123 e. The van der Waals surface area contributed by atoms with Crippen LogP contribution in [0.2, 0.25) is 0 Å². The van der Waals surface area contributed by atoms with E-state index in [1.807, 2.05) is 19.1 Å². The van der Waals surface area contributed by atoms with Gasteiger partial charge in [0.05, 0.1) is 6.61 Å². The van der Waals surface area contributed by atoms with Gasteiger partial charge in [0.15, 0.2) is 0 Å². The largest absolute Gasteiger partial charge is 0.494 e. The fourth-order valence-corrected chi connectivity index (χ4v) is 1.96. The Morgan fingerprint density at radius 1 is 1.33 bits per heavy atom. The van der Waals surface area contributed by atoms with Crippen LogP contribution in [0.25, 0.3) is 0 Å². The van der Waals surface area contributed by atoms with Crippen LogP contribution in [0.3, 0.4) is 0 Å². The summed E-state index contributed by atoms with van der Waals surface area (Å²) in [5, 5.41) is 3.38. The number of rotatable bonds is 8. The fraction of sp³-hybridized carbons (Fsp3) is 0.538. The lowest BCUT2D eigenvalue weighted by Gasteiger charge is -2.11. The number of hydrogen-bond acceptors (Lipinski definition) is 3. The highest BCUT2D eigenvalue weighted by atomic mass is 79.9. The van der Waals surface area contributed by atoms with E-state index in [0.717, 1.165) is 36.3 Å². The molecule has 0 aliphatic heterocycles. The van der Waals surface area contributed by atoms with Crippen molar-refractivity contribution in [3.05, 3.63) is 28.2 Å². The SMILES string of the molecule is CCOc1ccc(Br)cc1CNCCCOC.Cl. The van der Waals surface area contributed by atoms with Crippen molar-refractivity contribution in [1.29, 1.82) is 0 Å². The average Bonchev–Trinajstić information content (AvgIpc) is 2.32. The predicted molar refractivity (Wildman–Crippen MR) is 80.8 cm³/mol. The van der Waals surface area contributed by atoms with Gasteiger partial charge in [-0.1, -0.05) is 15.9 Å². The van der Waals surface area contributed by atoms with Gasteiger partial charge in [-0.3, -0.25) is 0 Å². The van der Waals surface area contributed by atoms with Gasteiger partial charge in [-0.15, -0.1) is 12.4 Å². The molecule has 0 aliphatic rings. The molecule has 0 bridgehead atoms. The van der Waals surface area contributed by atoms with E-state index in [1.165, 1.54) is 5.56 Å². The second-order valence-corrected chi connectivity index (χ2v) is 4.62. The Balaban J connectivity index is 0.00000289. The van der Waals surface area contributed by atoms with Gasteiger partial charge in [0, 0.05) is 30.3 Å². The zero-order valence-electron chi connectivity index (χ0n) is 10.9. The molecule has 0 aliphatic carbocycles. The number of hydrogen-bond donors (Lipinski definition) is 1. The maximum absolute atomic E-state index is 5.58. The second-order valence-electron chi connectivity index (χ2n) is 3.71. The molecular weight excluding hydrogens is 318 g/mol. The summed E-state index contributed by atoms with van der Waals surface area (Å²) in [6, 6.07) is 6.09. The third-order valence-electron chi connectivity index (χ3n) is 2.34. The molecule has 3 nitrogen and oxygen atoms in total. The van der Waals surface area contributed by atoms with Crippen LogP contribution in [-0.4, -0.2) is 26.9 Å². The van der Waals surface area contributed by atoms with Gasteiger partial charge in [0.2, 0.25) is 0 Å². The standard InChI is InChI=1S/C13H20BrNO2.ClH/c1-3-17-13-6-5-12(14)9-11(13)10-15-7-4-8-16-2;/h5-6,9,15H,3-4,7-8,10H2,1-2H3;1H. The minimum atomic E-state index is 0. The quantitative estimate of drug-likeness (QED) is 0.737. The van der Waals surface area contributed by atoms with E-state index in [0.29, 0.717) is 6.61 Å². The molecule has 0 unspecified atom stereocenters. The van der Waals surface area contributed by atoms with Crippen molar-refractivity contribution in [2.45, 2.75) is 19.9 Å². The molecule has 0 atom stereocenters. The maximum atomic E-state index is 5.58. The molecular formula is C13H21BrClNO2. The van der Waals surface area contributed by atoms with Crippen molar-refractivity contribution in [1.82, 2.24) is 5.32 Å². The molecule has 1 aromatic rings. The monoisotopic (exact) mass is 337 g/mol. The van der Waals surface area contributed by atoms with Crippen LogP contribution in [0.4, 0.5) is 0 Å². The first-order valence-electron chi connectivity index (χ1n) is 5.88. The molecule has 18 heavy (non-hydrogen) atoms. The van der Waals surface area contributed by atoms with Crippen LogP contribution in [0, 0.1) is 0 Å². The number of ether oxygens (including phenoxy) is 2. The molecule has 0 radical (unpaired) electrons. The van der Waals surface area contributed by atoms with Crippen LogP contribution < -0.4 is 10.1 Å². The lowest BCUT2D eigenvalue weighted by molar-refractivity contribution is 0.194. The van der Waals surface area contributed by atoms with E-state index in [1.54, 1.807) is 7.11 Å². The van der Waals surface area contributed by atoms with Crippen molar-refractivity contribution in [3.63, 3.8) is 0 Å². The Bertz CT molecular complexity index is 337. The van der Waals surface area contributed by atoms with E-state index in [2.05, 4.69) is 27.3 Å². The van der Waals surface area contributed by atoms with E-state index in [9.17, 15) is 0 Å². The highest BCUT2D eigenvalue weighted by Crippen LogP contribution is 2.23. The molecule has 1 aromatic carbocycles. The van der Waals surface area contributed by atoms with Crippen molar-refractivity contribution in [3.8, 4) is 5.75 Å². The van der Waals surface area contributed by atoms with Gasteiger partial charge in [0.1, 0.15) is 5.75 Å². The summed E-state index contributed by atoms with van der Waals surface area (Å²) in [6.07, 6.45) is 1.02. The molecule has 104 valence electrons. The second kappa shape index (κ2) is 10.6. The minimum absolute atomic E-state index is 0. The maximum Gasteiger partial charge on any atom is 0.123 e. The third-order valence-corrected chi connectivity index (χ3v) is 2.83. The Labute approximate surface area is 124 Å². The first kappa shape index (κ1) is 17.7. The van der Waals surface area contributed by atoms with Crippen molar-refractivity contribution < 1.29 is 9.47 Å². The van der Waals surface area contributed by atoms with E-state index in [-0.39, 0.29) is 12.4 Å². The molecule has 0 saturated carbocycles. The summed E-state index contributed by atoms with van der Waals surface area (Å²) >= 11 is 3.48. The highest BCUT2D eigenvalue weighted by molar-refractivity contribution is 9.10. The van der Waals surface area contributed by atoms with Gasteiger partial charge in [-0.05, 0) is 38.1 Å². The molecule has 0 fully saturated rings. The summed E-state index contributed by atoms with van der Waals surface area (Å²) < 4.78 is 11.7. The minimum Gasteiger partial charge on any atom is -0.494 e. The Kier molecular flexibility index (Phi) is 10.4. The molecule has 0 heterocycles. The Morgan fingerprint density at radius 3 is 2.78 bits per heavy atom. The number of halogens is 2. The van der Waals surface area contributed by atoms with Gasteiger partial charge in [0.25, 0.3) is 0 Å². The van der Waals surface area contributed by atoms with Gasteiger partial charge < -0.3 is 14.8 Å². The molecule has 0 aromatic heterocycles. The molecule has 1 N–H and O–H groups in total. The van der Waals surface area contributed by atoms with E-state index < -0.39 is 0 Å². The Morgan fingerprint density at radius 2 is 2.11 bits per heavy atom. The van der Waals surface area contributed by atoms with Crippen LogP contribution in [0.1, 0.15) is 18.9 Å². The molecule has 0 saturated heterocycles. The molecule has 0 amide bonds. The van der Waals surface area contributed by atoms with Crippen LogP contribution in [0.15, 0.2) is 22.7 Å². The zero-order valence-corrected chi connectivity index (χ0v) is 13.3. The van der Waals surface area contributed by atoms with Crippen LogP contribution in [-0.2, 0) is 11.3 Å². The zero-order chi connectivity index (χ0) is 12.5. The first-order chi connectivity index (χ1) is 8.27. The van der Waals surface area contributed by atoms with Crippen molar-refractivity contribution in [2.24, 2.45) is 0 Å². The normalized spacial score (nSPS) is 9.94. The first-order valence-corrected chi connectivity index (χ1v) is 6.68. The van der Waals surface area contributed by atoms with E-state index >= 15 is 0 Å². The highest BCUT2D eigenvalue weighted by Gasteiger charge is 2.03. The summed E-state index contributed by atoms with van der Waals surface area (Å²) in [5.41, 5.74) is 1.18. The third kappa shape index (κ3) is 6.59. The van der Waals surface area contributed by atoms with Crippen LogP contribution >= 0.6 is 28.3 Å². The van der Waals surface area contributed by atoms with Crippen LogP contribution in [0.5, 0.6) is 5.75 Å². The summed E-state index contributed by atoms with van der Waals surface area (Å²) in [4.78, 5) is 0. The topological polar surface area (TPSA) is 30.5 Å². The fourth-order valence-electron chi connectivity index (χ4n) is 1.55. The van der Waals surface area contributed by atoms with Crippen molar-refractivity contribution >= 4 is 28.3 Å². The van der Waals surface area contributed by atoms with Gasteiger partial charge >= 0.3 is 0 Å².